The first-order valence-corrected chi connectivity index (χ1v) is 18.1. The van der Waals surface area contributed by atoms with Gasteiger partial charge in [-0.1, -0.05) is 144 Å². The molecule has 0 spiro atoms. The summed E-state index contributed by atoms with van der Waals surface area (Å²) in [7, 11) is -0.362. The van der Waals surface area contributed by atoms with E-state index in [1.807, 2.05) is 0 Å². The van der Waals surface area contributed by atoms with Crippen LogP contribution >= 0.6 is 7.92 Å². The SMILES string of the molecule is CC(C)(C)P(c1ccccc1-c1c(C2CCCCC2)cc(C2CCCCC2)cc1C1CCCCC1)C(C)(C)C. The number of benzene rings is 2. The van der Waals surface area contributed by atoms with Gasteiger partial charge in [0.1, 0.15) is 0 Å². The minimum atomic E-state index is -0.362. The molecule has 3 aliphatic carbocycles. The average molecular weight is 545 g/mol. The van der Waals surface area contributed by atoms with E-state index >= 15 is 0 Å². The van der Waals surface area contributed by atoms with Crippen molar-refractivity contribution in [3.05, 3.63) is 53.1 Å². The van der Waals surface area contributed by atoms with Gasteiger partial charge in [-0.15, -0.1) is 0 Å². The topological polar surface area (TPSA) is 0 Å². The van der Waals surface area contributed by atoms with Gasteiger partial charge in [0, 0.05) is 0 Å². The number of hydrogen-bond acceptors (Lipinski definition) is 0. The van der Waals surface area contributed by atoms with E-state index in [0.29, 0.717) is 0 Å². The van der Waals surface area contributed by atoms with Gasteiger partial charge in [0.2, 0.25) is 0 Å². The first kappa shape index (κ1) is 29.4. The molecule has 0 nitrogen and oxygen atoms in total. The fourth-order valence-corrected chi connectivity index (χ4v) is 12.9. The summed E-state index contributed by atoms with van der Waals surface area (Å²) in [6, 6.07) is 15.3. The van der Waals surface area contributed by atoms with Gasteiger partial charge in [0.15, 0.2) is 0 Å². The molecule has 0 aromatic heterocycles. The summed E-state index contributed by atoms with van der Waals surface area (Å²) >= 11 is 0. The Labute approximate surface area is 242 Å². The van der Waals surface area contributed by atoms with Crippen LogP contribution in [0.15, 0.2) is 36.4 Å². The molecular weight excluding hydrogens is 487 g/mol. The highest BCUT2D eigenvalue weighted by Gasteiger charge is 2.38. The smallest absolute Gasteiger partial charge is 0.0101 e. The third kappa shape index (κ3) is 6.69. The molecule has 2 aromatic rings. The standard InChI is InChI=1S/C38H57P/c1-37(2,3)39(38(4,5)6)35-25-17-16-24-32(35)36-33(29-20-12-8-13-21-29)26-31(28-18-10-7-11-19-28)27-34(36)30-22-14-9-15-23-30/h16-17,24-30H,7-15,18-23H2,1-6H3. The van der Waals surface area contributed by atoms with Crippen molar-refractivity contribution in [3.63, 3.8) is 0 Å². The predicted molar refractivity (Wildman–Crippen MR) is 175 cm³/mol. The van der Waals surface area contributed by atoms with Crippen LogP contribution < -0.4 is 5.30 Å². The molecule has 1 heteroatoms. The molecule has 0 atom stereocenters. The molecule has 3 aliphatic rings. The van der Waals surface area contributed by atoms with Gasteiger partial charge in [-0.3, -0.25) is 0 Å². The highest BCUT2D eigenvalue weighted by Crippen LogP contribution is 2.60. The highest BCUT2D eigenvalue weighted by atomic mass is 31.1. The third-order valence-corrected chi connectivity index (χ3v) is 13.7. The molecule has 0 heterocycles. The Morgan fingerprint density at radius 3 is 1.38 bits per heavy atom. The Kier molecular flexibility index (Phi) is 9.33. The second kappa shape index (κ2) is 12.4. The van der Waals surface area contributed by atoms with Crippen molar-refractivity contribution < 1.29 is 0 Å². The van der Waals surface area contributed by atoms with E-state index in [1.54, 1.807) is 33.1 Å². The molecule has 2 aromatic carbocycles. The second-order valence-corrected chi connectivity index (χ2v) is 19.1. The van der Waals surface area contributed by atoms with Crippen LogP contribution in [0.1, 0.15) is 172 Å². The lowest BCUT2D eigenvalue weighted by Gasteiger charge is -2.43. The maximum Gasteiger partial charge on any atom is -0.0101 e. The van der Waals surface area contributed by atoms with Gasteiger partial charge in [0.25, 0.3) is 0 Å². The molecule has 0 radical (unpaired) electrons. The Bertz CT molecular complexity index is 1030. The number of rotatable bonds is 5. The van der Waals surface area contributed by atoms with Gasteiger partial charge in [-0.05, 0) is 99.7 Å². The van der Waals surface area contributed by atoms with Crippen LogP contribution in [-0.4, -0.2) is 10.3 Å². The zero-order valence-electron chi connectivity index (χ0n) is 26.2. The summed E-state index contributed by atoms with van der Waals surface area (Å²) in [6.07, 6.45) is 21.2. The van der Waals surface area contributed by atoms with Gasteiger partial charge in [-0.25, -0.2) is 0 Å². The van der Waals surface area contributed by atoms with Crippen molar-refractivity contribution in [2.75, 3.05) is 0 Å². The number of hydrogen-bond donors (Lipinski definition) is 0. The van der Waals surface area contributed by atoms with Crippen molar-refractivity contribution in [2.24, 2.45) is 0 Å². The van der Waals surface area contributed by atoms with E-state index in [4.69, 9.17) is 0 Å². The first-order valence-electron chi connectivity index (χ1n) is 16.7. The minimum Gasteiger partial charge on any atom is -0.0636 e. The van der Waals surface area contributed by atoms with Crippen LogP contribution in [0.25, 0.3) is 11.1 Å². The summed E-state index contributed by atoms with van der Waals surface area (Å²) < 4.78 is 0. The summed E-state index contributed by atoms with van der Waals surface area (Å²) in [6.45, 7) is 15.0. The molecule has 3 saturated carbocycles. The Morgan fingerprint density at radius 1 is 0.538 bits per heavy atom. The Balaban J connectivity index is 1.77. The lowest BCUT2D eigenvalue weighted by atomic mass is 9.72. The van der Waals surface area contributed by atoms with Crippen LogP contribution in [0.5, 0.6) is 0 Å². The molecule has 0 aliphatic heterocycles. The fourth-order valence-electron chi connectivity index (χ4n) is 8.77. The van der Waals surface area contributed by atoms with E-state index < -0.39 is 0 Å². The lowest BCUT2D eigenvalue weighted by Crippen LogP contribution is -2.32. The van der Waals surface area contributed by atoms with Gasteiger partial charge in [-0.2, -0.15) is 0 Å². The molecule has 0 saturated heterocycles. The molecule has 0 amide bonds. The molecular formula is C38H57P. The maximum atomic E-state index is 2.78. The monoisotopic (exact) mass is 544 g/mol. The second-order valence-electron chi connectivity index (χ2n) is 15.3. The molecule has 214 valence electrons. The zero-order chi connectivity index (χ0) is 27.6. The summed E-state index contributed by atoms with van der Waals surface area (Å²) in [5.41, 5.74) is 8.52. The van der Waals surface area contributed by atoms with E-state index in [1.165, 1.54) is 96.3 Å². The average Bonchev–Trinajstić information content (AvgIpc) is 2.93. The summed E-state index contributed by atoms with van der Waals surface area (Å²) in [4.78, 5) is 0. The van der Waals surface area contributed by atoms with Gasteiger partial charge >= 0.3 is 0 Å². The Hall–Kier alpha value is -1.13. The summed E-state index contributed by atoms with van der Waals surface area (Å²) in [5.74, 6) is 2.26. The molecule has 0 bridgehead atoms. The predicted octanol–water partition coefficient (Wildman–Crippen LogP) is 12.2. The van der Waals surface area contributed by atoms with Crippen molar-refractivity contribution in [3.8, 4) is 11.1 Å². The zero-order valence-corrected chi connectivity index (χ0v) is 27.1. The van der Waals surface area contributed by atoms with Crippen LogP contribution in [0.4, 0.5) is 0 Å². The molecule has 39 heavy (non-hydrogen) atoms. The van der Waals surface area contributed by atoms with Crippen LogP contribution in [-0.2, 0) is 0 Å². The van der Waals surface area contributed by atoms with E-state index in [-0.39, 0.29) is 18.2 Å². The minimum absolute atomic E-state index is 0.266. The fraction of sp³-hybridized carbons (Fsp3) is 0.684. The molecule has 0 N–H and O–H groups in total. The normalized spacial score (nSPS) is 21.0. The summed E-state index contributed by atoms with van der Waals surface area (Å²) in [5, 5.41) is 2.19. The lowest BCUT2D eigenvalue weighted by molar-refractivity contribution is 0.428. The first-order chi connectivity index (χ1) is 18.6. The molecule has 3 fully saturated rings. The van der Waals surface area contributed by atoms with E-state index in [9.17, 15) is 0 Å². The quantitative estimate of drug-likeness (QED) is 0.328. The van der Waals surface area contributed by atoms with Crippen LogP contribution in [0.2, 0.25) is 0 Å². The third-order valence-electron chi connectivity index (χ3n) is 10.1. The molecule has 5 rings (SSSR count). The maximum absolute atomic E-state index is 2.78. The van der Waals surface area contributed by atoms with Crippen LogP contribution in [0, 0.1) is 0 Å². The largest absolute Gasteiger partial charge is 0.0636 e. The van der Waals surface area contributed by atoms with Crippen molar-refractivity contribution in [1.29, 1.82) is 0 Å². The van der Waals surface area contributed by atoms with E-state index in [2.05, 4.69) is 77.9 Å². The molecule has 0 unspecified atom stereocenters. The highest BCUT2D eigenvalue weighted by molar-refractivity contribution is 7.68. The van der Waals surface area contributed by atoms with Gasteiger partial charge in [0.05, 0.1) is 0 Å². The van der Waals surface area contributed by atoms with Crippen LogP contribution in [0.3, 0.4) is 0 Å². The van der Waals surface area contributed by atoms with Crippen molar-refractivity contribution in [1.82, 2.24) is 0 Å². The Morgan fingerprint density at radius 2 is 0.949 bits per heavy atom. The van der Waals surface area contributed by atoms with Gasteiger partial charge < -0.3 is 0 Å². The van der Waals surface area contributed by atoms with Crippen molar-refractivity contribution >= 4 is 13.2 Å². The van der Waals surface area contributed by atoms with Crippen molar-refractivity contribution in [2.45, 2.75) is 166 Å². The van der Waals surface area contributed by atoms with E-state index in [0.717, 1.165) is 17.8 Å².